The van der Waals surface area contributed by atoms with Crippen LogP contribution in [-0.4, -0.2) is 59.6 Å². The van der Waals surface area contributed by atoms with E-state index in [9.17, 15) is 21.6 Å². The van der Waals surface area contributed by atoms with Crippen LogP contribution >= 0.6 is 0 Å². The number of amides is 1. The summed E-state index contributed by atoms with van der Waals surface area (Å²) in [4.78, 5) is 15.7. The Labute approximate surface area is 206 Å². The average Bonchev–Trinajstić information content (AvgIpc) is 3.51. The van der Waals surface area contributed by atoms with Gasteiger partial charge in [0.15, 0.2) is 9.84 Å². The van der Waals surface area contributed by atoms with E-state index in [0.717, 1.165) is 32.2 Å². The average molecular weight is 522 g/mol. The molecule has 1 spiro atoms. The van der Waals surface area contributed by atoms with Crippen molar-refractivity contribution in [2.75, 3.05) is 46.6 Å². The molecule has 0 atom stereocenters. The Hall–Kier alpha value is -2.63. The number of hydrogen-bond donors (Lipinski definition) is 3. The van der Waals surface area contributed by atoms with Crippen LogP contribution in [0.25, 0.3) is 0 Å². The molecule has 190 valence electrons. The first-order valence-corrected chi connectivity index (χ1v) is 15.1. The lowest BCUT2D eigenvalue weighted by molar-refractivity contribution is 0.102. The van der Waals surface area contributed by atoms with Gasteiger partial charge in [0.05, 0.1) is 34.2 Å². The second-order valence-electron chi connectivity index (χ2n) is 9.57. The molecule has 35 heavy (non-hydrogen) atoms. The van der Waals surface area contributed by atoms with E-state index in [-0.39, 0.29) is 4.90 Å². The van der Waals surface area contributed by atoms with Crippen LogP contribution in [0, 0.1) is 12.3 Å². The summed E-state index contributed by atoms with van der Waals surface area (Å²) in [5.74, 6) is -0.827. The molecule has 4 rings (SSSR count). The smallest absolute Gasteiger partial charge is 0.258 e. The number of aryl methyl sites for hydroxylation is 1. The van der Waals surface area contributed by atoms with Gasteiger partial charge in [-0.3, -0.25) is 9.52 Å². The zero-order chi connectivity index (χ0) is 25.4. The number of rotatable bonds is 8. The fourth-order valence-corrected chi connectivity index (χ4v) is 6.11. The summed E-state index contributed by atoms with van der Waals surface area (Å²) in [6.45, 7) is 2.76. The molecule has 0 unspecified atom stereocenters. The molecule has 2 aromatic rings. The van der Waals surface area contributed by atoms with Gasteiger partial charge in [-0.1, -0.05) is 6.07 Å². The number of hydrogen-bond acceptors (Lipinski definition) is 7. The van der Waals surface area contributed by atoms with E-state index in [1.54, 1.807) is 31.2 Å². The number of sulfone groups is 1. The van der Waals surface area contributed by atoms with Gasteiger partial charge in [0.25, 0.3) is 5.91 Å². The molecule has 0 aromatic heterocycles. The SMILES string of the molecule is Cc1cc(NS(=O)(=O)CCO)cc(N2CCC3(CC2)CC3)c1C(=O)Nc1cccc(S(C)(=O)=O)c1. The zero-order valence-corrected chi connectivity index (χ0v) is 21.5. The third kappa shape index (κ3) is 5.96. The number of carbonyl (C=O) groups is 1. The predicted octanol–water partition coefficient (Wildman–Crippen LogP) is 2.77. The minimum atomic E-state index is -3.73. The number of sulfonamides is 1. The first kappa shape index (κ1) is 25.5. The van der Waals surface area contributed by atoms with Gasteiger partial charge in [-0.2, -0.15) is 0 Å². The van der Waals surface area contributed by atoms with E-state index < -0.39 is 38.1 Å². The van der Waals surface area contributed by atoms with Crippen molar-refractivity contribution < 1.29 is 26.7 Å². The monoisotopic (exact) mass is 521 g/mol. The molecule has 2 fully saturated rings. The molecule has 2 aromatic carbocycles. The Balaban J connectivity index is 1.68. The molecule has 1 aliphatic heterocycles. The Bertz CT molecular complexity index is 1340. The lowest BCUT2D eigenvalue weighted by atomic mass is 9.92. The summed E-state index contributed by atoms with van der Waals surface area (Å²) in [6, 6.07) is 9.32. The van der Waals surface area contributed by atoms with E-state index in [4.69, 9.17) is 5.11 Å². The van der Waals surface area contributed by atoms with E-state index in [0.29, 0.717) is 33.6 Å². The largest absolute Gasteiger partial charge is 0.395 e. The van der Waals surface area contributed by atoms with Gasteiger partial charge in [-0.05, 0) is 73.9 Å². The maximum atomic E-state index is 13.4. The van der Waals surface area contributed by atoms with Crippen molar-refractivity contribution >= 4 is 42.8 Å². The number of nitrogens with one attached hydrogen (secondary N) is 2. The minimum Gasteiger partial charge on any atom is -0.395 e. The van der Waals surface area contributed by atoms with E-state index >= 15 is 0 Å². The quantitative estimate of drug-likeness (QED) is 0.486. The van der Waals surface area contributed by atoms with Crippen LogP contribution in [0.2, 0.25) is 0 Å². The second kappa shape index (κ2) is 9.44. The first-order chi connectivity index (χ1) is 16.4. The van der Waals surface area contributed by atoms with E-state index in [1.165, 1.54) is 25.0 Å². The van der Waals surface area contributed by atoms with Gasteiger partial charge in [0.2, 0.25) is 10.0 Å². The Kier molecular flexibility index (Phi) is 6.87. The fourth-order valence-electron chi connectivity index (χ4n) is 4.62. The van der Waals surface area contributed by atoms with Crippen molar-refractivity contribution in [2.45, 2.75) is 37.5 Å². The van der Waals surface area contributed by atoms with Crippen molar-refractivity contribution in [2.24, 2.45) is 5.41 Å². The summed E-state index contributed by atoms with van der Waals surface area (Å²) in [7, 11) is -7.17. The highest BCUT2D eigenvalue weighted by Crippen LogP contribution is 2.54. The van der Waals surface area contributed by atoms with Crippen molar-refractivity contribution in [3.05, 3.63) is 47.5 Å². The van der Waals surface area contributed by atoms with Gasteiger partial charge in [-0.15, -0.1) is 0 Å². The van der Waals surface area contributed by atoms with E-state index in [2.05, 4.69) is 14.9 Å². The third-order valence-corrected chi connectivity index (χ3v) is 9.19. The minimum absolute atomic E-state index is 0.103. The maximum Gasteiger partial charge on any atom is 0.258 e. The lowest BCUT2D eigenvalue weighted by Gasteiger charge is -2.35. The van der Waals surface area contributed by atoms with Crippen LogP contribution in [0.5, 0.6) is 0 Å². The van der Waals surface area contributed by atoms with Crippen LogP contribution in [-0.2, 0) is 19.9 Å². The number of anilines is 3. The van der Waals surface area contributed by atoms with Crippen LogP contribution < -0.4 is 14.9 Å². The second-order valence-corrected chi connectivity index (χ2v) is 13.4. The van der Waals surface area contributed by atoms with Gasteiger partial charge < -0.3 is 15.3 Å². The number of piperidine rings is 1. The predicted molar refractivity (Wildman–Crippen MR) is 136 cm³/mol. The molecule has 11 heteroatoms. The summed E-state index contributed by atoms with van der Waals surface area (Å²) in [5, 5.41) is 11.9. The summed E-state index contributed by atoms with van der Waals surface area (Å²) in [5.41, 5.74) is 2.71. The fraction of sp³-hybridized carbons (Fsp3) is 0.458. The molecule has 1 heterocycles. The number of nitrogens with zero attached hydrogens (tertiary/aromatic N) is 1. The van der Waals surface area contributed by atoms with Crippen LogP contribution in [0.4, 0.5) is 17.1 Å². The number of carbonyl (C=O) groups excluding carboxylic acids is 1. The highest BCUT2D eigenvalue weighted by molar-refractivity contribution is 7.92. The van der Waals surface area contributed by atoms with Gasteiger partial charge in [0.1, 0.15) is 0 Å². The summed E-state index contributed by atoms with van der Waals surface area (Å²) >= 11 is 0. The topological polar surface area (TPSA) is 133 Å². The van der Waals surface area contributed by atoms with Gasteiger partial charge >= 0.3 is 0 Å². The summed E-state index contributed by atoms with van der Waals surface area (Å²) < 4.78 is 50.8. The molecule has 0 bridgehead atoms. The maximum absolute atomic E-state index is 13.4. The highest BCUT2D eigenvalue weighted by Gasteiger charge is 2.44. The third-order valence-electron chi connectivity index (χ3n) is 6.82. The Morgan fingerprint density at radius 3 is 2.31 bits per heavy atom. The molecule has 9 nitrogen and oxygen atoms in total. The molecular weight excluding hydrogens is 490 g/mol. The van der Waals surface area contributed by atoms with Crippen molar-refractivity contribution in [3.8, 4) is 0 Å². The van der Waals surface area contributed by atoms with E-state index in [1.807, 2.05) is 0 Å². The molecule has 1 aliphatic carbocycles. The molecule has 0 radical (unpaired) electrons. The zero-order valence-electron chi connectivity index (χ0n) is 19.9. The first-order valence-electron chi connectivity index (χ1n) is 11.5. The van der Waals surface area contributed by atoms with Gasteiger partial charge in [-0.25, -0.2) is 16.8 Å². The Morgan fingerprint density at radius 1 is 1.03 bits per heavy atom. The number of benzene rings is 2. The molecule has 1 amide bonds. The summed E-state index contributed by atoms with van der Waals surface area (Å²) in [6.07, 6.45) is 5.60. The number of aliphatic hydroxyl groups excluding tert-OH is 1. The molecule has 1 saturated heterocycles. The molecule has 2 aliphatic rings. The van der Waals surface area contributed by atoms with Crippen LogP contribution in [0.15, 0.2) is 41.3 Å². The van der Waals surface area contributed by atoms with Crippen molar-refractivity contribution in [1.82, 2.24) is 0 Å². The Morgan fingerprint density at radius 2 is 1.71 bits per heavy atom. The normalized spacial score (nSPS) is 17.3. The molecule has 1 saturated carbocycles. The highest BCUT2D eigenvalue weighted by atomic mass is 32.2. The van der Waals surface area contributed by atoms with Crippen LogP contribution in [0.3, 0.4) is 0 Å². The van der Waals surface area contributed by atoms with Crippen molar-refractivity contribution in [3.63, 3.8) is 0 Å². The standard InChI is InChI=1S/C24H31N3O6S2/c1-17-14-19(26-35(32,33)13-12-28)16-21(27-10-8-24(6-7-24)9-11-27)22(17)23(29)25-18-4-3-5-20(15-18)34(2,30)31/h3-5,14-16,26,28H,6-13H2,1-2H3,(H,25,29). The lowest BCUT2D eigenvalue weighted by Crippen LogP contribution is -2.36. The molecular formula is C24H31N3O6S2. The van der Waals surface area contributed by atoms with Crippen LogP contribution in [0.1, 0.15) is 41.6 Å². The van der Waals surface area contributed by atoms with Gasteiger partial charge in [0, 0.05) is 25.0 Å². The number of aliphatic hydroxyl groups is 1. The van der Waals surface area contributed by atoms with Crippen molar-refractivity contribution in [1.29, 1.82) is 0 Å². The molecule has 3 N–H and O–H groups in total.